The average Bonchev–Trinajstić information content (AvgIpc) is 3.04. The molecule has 0 aliphatic heterocycles. The molecular weight excluding hydrogens is 280 g/mol. The minimum atomic E-state index is -0.248. The Morgan fingerprint density at radius 1 is 1.18 bits per heavy atom. The maximum atomic E-state index is 12.0. The van der Waals surface area contributed by atoms with Crippen molar-refractivity contribution in [1.82, 2.24) is 5.32 Å². The van der Waals surface area contributed by atoms with E-state index in [-0.39, 0.29) is 18.2 Å². The van der Waals surface area contributed by atoms with E-state index in [1.807, 2.05) is 6.07 Å². The second-order valence-electron chi connectivity index (χ2n) is 4.67. The molecule has 0 aliphatic rings. The molecule has 0 atom stereocenters. The Balaban J connectivity index is 1.98. The zero-order valence-corrected chi connectivity index (χ0v) is 12.2. The number of carbonyl (C=O) groups excluding carboxylic acids is 2. The van der Waals surface area contributed by atoms with Crippen molar-refractivity contribution < 1.29 is 14.0 Å². The Morgan fingerprint density at radius 3 is 2.73 bits per heavy atom. The number of furan rings is 1. The minimum absolute atomic E-state index is 0.166. The van der Waals surface area contributed by atoms with Gasteiger partial charge in [-0.2, -0.15) is 0 Å². The Bertz CT molecular complexity index is 648. The number of anilines is 1. The second-order valence-corrected chi connectivity index (χ2v) is 4.67. The van der Waals surface area contributed by atoms with Crippen LogP contribution >= 0.6 is 0 Å². The van der Waals surface area contributed by atoms with Crippen molar-refractivity contribution >= 4 is 17.5 Å². The number of benzene rings is 1. The Hall–Kier alpha value is -2.82. The number of aryl methyl sites for hydroxylation is 1. The molecule has 2 amide bonds. The highest BCUT2D eigenvalue weighted by atomic mass is 16.3. The number of hydrogen-bond acceptors (Lipinski definition) is 3. The summed E-state index contributed by atoms with van der Waals surface area (Å²) in [6.45, 7) is 3.93. The smallest absolute Gasteiger partial charge is 0.253 e. The second kappa shape index (κ2) is 7.83. The summed E-state index contributed by atoms with van der Waals surface area (Å²) in [5.41, 5.74) is 0.921. The number of carbonyl (C=O) groups is 2. The summed E-state index contributed by atoms with van der Waals surface area (Å²) in [5, 5.41) is 5.46. The Kier molecular flexibility index (Phi) is 5.54. The van der Waals surface area contributed by atoms with E-state index >= 15 is 0 Å². The van der Waals surface area contributed by atoms with Crippen LogP contribution in [-0.4, -0.2) is 18.4 Å². The molecule has 1 aromatic carbocycles. The van der Waals surface area contributed by atoms with Crippen LogP contribution in [0.15, 0.2) is 59.7 Å². The molecule has 2 rings (SSSR count). The molecule has 2 N–H and O–H groups in total. The summed E-state index contributed by atoms with van der Waals surface area (Å²) in [4.78, 5) is 24.0. The molecule has 2 aromatic rings. The standard InChI is InChI=1S/C17H18N2O3/c1-2-11-18-17(21)14-7-3-4-8-15(14)19-16(20)10-9-13-6-5-12-22-13/h2-8,12H,1,9-11H2,(H,18,21)(H,19,20). The molecule has 0 aliphatic carbocycles. The van der Waals surface area contributed by atoms with Crippen LogP contribution in [0.4, 0.5) is 5.69 Å². The van der Waals surface area contributed by atoms with Crippen molar-refractivity contribution in [2.45, 2.75) is 12.8 Å². The van der Waals surface area contributed by atoms with E-state index in [9.17, 15) is 9.59 Å². The minimum Gasteiger partial charge on any atom is -0.469 e. The van der Waals surface area contributed by atoms with Crippen molar-refractivity contribution in [2.75, 3.05) is 11.9 Å². The lowest BCUT2D eigenvalue weighted by Crippen LogP contribution is -2.25. The van der Waals surface area contributed by atoms with Gasteiger partial charge in [0.25, 0.3) is 5.91 Å². The first-order valence-corrected chi connectivity index (χ1v) is 7.01. The molecule has 22 heavy (non-hydrogen) atoms. The molecule has 114 valence electrons. The molecule has 0 unspecified atom stereocenters. The number of rotatable bonds is 7. The van der Waals surface area contributed by atoms with Gasteiger partial charge in [0, 0.05) is 19.4 Å². The van der Waals surface area contributed by atoms with Gasteiger partial charge in [0.2, 0.25) is 5.91 Å². The van der Waals surface area contributed by atoms with Gasteiger partial charge in [0.1, 0.15) is 5.76 Å². The average molecular weight is 298 g/mol. The highest BCUT2D eigenvalue weighted by Gasteiger charge is 2.12. The molecule has 5 nitrogen and oxygen atoms in total. The first kappa shape index (κ1) is 15.6. The molecule has 1 aromatic heterocycles. The predicted molar refractivity (Wildman–Crippen MR) is 84.6 cm³/mol. The van der Waals surface area contributed by atoms with E-state index in [0.717, 1.165) is 5.76 Å². The fourth-order valence-electron chi connectivity index (χ4n) is 1.95. The van der Waals surface area contributed by atoms with Gasteiger partial charge in [-0.1, -0.05) is 18.2 Å². The van der Waals surface area contributed by atoms with E-state index in [2.05, 4.69) is 17.2 Å². The number of nitrogens with one attached hydrogen (secondary N) is 2. The Morgan fingerprint density at radius 2 is 2.00 bits per heavy atom. The van der Waals surface area contributed by atoms with Crippen LogP contribution in [0.5, 0.6) is 0 Å². The van der Waals surface area contributed by atoms with Crippen LogP contribution in [0.2, 0.25) is 0 Å². The topological polar surface area (TPSA) is 71.3 Å². The fraction of sp³-hybridized carbons (Fsp3) is 0.176. The monoisotopic (exact) mass is 298 g/mol. The summed E-state index contributed by atoms with van der Waals surface area (Å²) in [5.74, 6) is 0.342. The maximum Gasteiger partial charge on any atom is 0.253 e. The van der Waals surface area contributed by atoms with Gasteiger partial charge >= 0.3 is 0 Å². The summed E-state index contributed by atoms with van der Waals surface area (Å²) >= 11 is 0. The Labute approximate surface area is 129 Å². The van der Waals surface area contributed by atoms with Crippen LogP contribution in [0, 0.1) is 0 Å². The van der Waals surface area contributed by atoms with E-state index in [4.69, 9.17) is 4.42 Å². The van der Waals surface area contributed by atoms with Crippen LogP contribution in [0.25, 0.3) is 0 Å². The van der Waals surface area contributed by atoms with Crippen molar-refractivity contribution in [2.24, 2.45) is 0 Å². The first-order valence-electron chi connectivity index (χ1n) is 7.01. The largest absolute Gasteiger partial charge is 0.469 e. The van der Waals surface area contributed by atoms with Gasteiger partial charge < -0.3 is 15.1 Å². The zero-order chi connectivity index (χ0) is 15.8. The van der Waals surface area contributed by atoms with Crippen LogP contribution in [0.1, 0.15) is 22.5 Å². The molecular formula is C17H18N2O3. The summed E-state index contributed by atoms with van der Waals surface area (Å²) in [6.07, 6.45) is 3.98. The van der Waals surface area contributed by atoms with Crippen LogP contribution in [0.3, 0.4) is 0 Å². The number of hydrogen-bond donors (Lipinski definition) is 2. The third kappa shape index (κ3) is 4.34. The van der Waals surface area contributed by atoms with Gasteiger partial charge in [-0.15, -0.1) is 6.58 Å². The lowest BCUT2D eigenvalue weighted by molar-refractivity contribution is -0.116. The molecule has 0 saturated carbocycles. The number of amides is 2. The van der Waals surface area contributed by atoms with Gasteiger partial charge in [0.15, 0.2) is 0 Å². The van der Waals surface area contributed by atoms with E-state index < -0.39 is 0 Å². The van der Waals surface area contributed by atoms with E-state index in [1.54, 1.807) is 42.7 Å². The predicted octanol–water partition coefficient (Wildman–Crippen LogP) is 2.77. The molecule has 0 saturated heterocycles. The van der Waals surface area contributed by atoms with E-state index in [1.165, 1.54) is 0 Å². The molecule has 0 radical (unpaired) electrons. The SMILES string of the molecule is C=CCNC(=O)c1ccccc1NC(=O)CCc1ccco1. The highest BCUT2D eigenvalue weighted by Crippen LogP contribution is 2.15. The fourth-order valence-corrected chi connectivity index (χ4v) is 1.95. The van der Waals surface area contributed by atoms with Gasteiger partial charge in [0.05, 0.1) is 17.5 Å². The van der Waals surface area contributed by atoms with Crippen LogP contribution in [-0.2, 0) is 11.2 Å². The third-order valence-corrected chi connectivity index (χ3v) is 3.03. The molecule has 5 heteroatoms. The van der Waals surface area contributed by atoms with E-state index in [0.29, 0.717) is 24.2 Å². The van der Waals surface area contributed by atoms with Crippen molar-refractivity contribution in [3.05, 3.63) is 66.6 Å². The van der Waals surface area contributed by atoms with Gasteiger partial charge in [-0.3, -0.25) is 9.59 Å². The molecule has 0 spiro atoms. The molecule has 0 fully saturated rings. The summed E-state index contributed by atoms with van der Waals surface area (Å²) in [6, 6.07) is 10.5. The molecule has 0 bridgehead atoms. The van der Waals surface area contributed by atoms with Gasteiger partial charge in [-0.05, 0) is 24.3 Å². The van der Waals surface area contributed by atoms with Crippen molar-refractivity contribution in [1.29, 1.82) is 0 Å². The molecule has 1 heterocycles. The van der Waals surface area contributed by atoms with Crippen molar-refractivity contribution in [3.63, 3.8) is 0 Å². The normalized spacial score (nSPS) is 10.0. The maximum absolute atomic E-state index is 12.0. The van der Waals surface area contributed by atoms with Gasteiger partial charge in [-0.25, -0.2) is 0 Å². The summed E-state index contributed by atoms with van der Waals surface area (Å²) < 4.78 is 5.19. The third-order valence-electron chi connectivity index (χ3n) is 3.03. The lowest BCUT2D eigenvalue weighted by atomic mass is 10.1. The first-order chi connectivity index (χ1) is 10.7. The highest BCUT2D eigenvalue weighted by molar-refractivity contribution is 6.03. The number of para-hydroxylation sites is 1. The quantitative estimate of drug-likeness (QED) is 0.772. The van der Waals surface area contributed by atoms with Crippen LogP contribution < -0.4 is 10.6 Å². The lowest BCUT2D eigenvalue weighted by Gasteiger charge is -2.10. The van der Waals surface area contributed by atoms with Crippen molar-refractivity contribution in [3.8, 4) is 0 Å². The zero-order valence-electron chi connectivity index (χ0n) is 12.2. The summed E-state index contributed by atoms with van der Waals surface area (Å²) in [7, 11) is 0.